The first-order valence-electron chi connectivity index (χ1n) is 14.6. The van der Waals surface area contributed by atoms with Gasteiger partial charge in [-0.25, -0.2) is 9.59 Å². The maximum Gasteiger partial charge on any atom is 0.328 e. The van der Waals surface area contributed by atoms with E-state index in [0.717, 1.165) is 16.7 Å². The van der Waals surface area contributed by atoms with Gasteiger partial charge in [-0.2, -0.15) is 0 Å². The number of carbonyl (C=O) groups is 3. The minimum Gasteiger partial charge on any atom is -0.467 e. The minimum absolute atomic E-state index is 0.0808. The van der Waals surface area contributed by atoms with Crippen molar-refractivity contribution in [1.29, 1.82) is 0 Å². The van der Waals surface area contributed by atoms with Crippen molar-refractivity contribution >= 4 is 17.9 Å². The summed E-state index contributed by atoms with van der Waals surface area (Å²) in [4.78, 5) is 46.9. The van der Waals surface area contributed by atoms with E-state index in [1.165, 1.54) is 12.0 Å². The molecule has 3 atom stereocenters. The minimum atomic E-state index is -0.663. The Balaban J connectivity index is 1.35. The van der Waals surface area contributed by atoms with E-state index < -0.39 is 17.6 Å². The molecule has 3 aromatic rings. The summed E-state index contributed by atoms with van der Waals surface area (Å²) in [6, 6.07) is 30.0. The Morgan fingerprint density at radius 2 is 1.19 bits per heavy atom. The Morgan fingerprint density at radius 3 is 1.60 bits per heavy atom. The van der Waals surface area contributed by atoms with Crippen molar-refractivity contribution in [2.24, 2.45) is 5.92 Å². The molecule has 42 heavy (non-hydrogen) atoms. The highest BCUT2D eigenvalue weighted by atomic mass is 16.5. The molecule has 0 saturated carbocycles. The first-order chi connectivity index (χ1) is 20.3. The van der Waals surface area contributed by atoms with Crippen LogP contribution in [0.25, 0.3) is 0 Å². The number of likely N-dealkylation sites (N-methyl/N-ethyl adjacent to an activating group) is 1. The third-order valence-electron chi connectivity index (χ3n) is 8.56. The molecule has 0 N–H and O–H groups in total. The lowest BCUT2D eigenvalue weighted by molar-refractivity contribution is -0.147. The topological polar surface area (TPSA) is 73.2 Å². The van der Waals surface area contributed by atoms with E-state index in [4.69, 9.17) is 4.74 Å². The molecule has 0 aliphatic carbocycles. The zero-order valence-electron chi connectivity index (χ0n) is 24.8. The van der Waals surface area contributed by atoms with Crippen LogP contribution in [0.3, 0.4) is 0 Å². The standard InChI is InChI=1S/C34H40N4O4/c1-25(2)30(32(40)42-4)35(3)33(41)37-22-20-36(21-23-37)31(39)29-24-38(29)34(26-14-8-5-9-15-26,27-16-10-6-11-17-27)28-18-12-7-13-19-28/h5-19,25,29-30H,20-24H2,1-4H3/t29-,30+,38?/m1/s1. The zero-order valence-corrected chi connectivity index (χ0v) is 24.8. The summed E-state index contributed by atoms with van der Waals surface area (Å²) in [5, 5.41) is 0. The zero-order chi connectivity index (χ0) is 29.9. The molecule has 0 radical (unpaired) electrons. The fourth-order valence-electron chi connectivity index (χ4n) is 6.43. The SMILES string of the molecule is COC(=O)[C@H](C(C)C)N(C)C(=O)N1CCN(C(=O)[C@H]2CN2C(c2ccccc2)(c2ccccc2)c2ccccc2)CC1. The molecule has 2 aliphatic heterocycles. The van der Waals surface area contributed by atoms with Gasteiger partial charge in [0.2, 0.25) is 5.91 Å². The Kier molecular flexibility index (Phi) is 8.64. The number of hydrogen-bond acceptors (Lipinski definition) is 5. The lowest BCUT2D eigenvalue weighted by Gasteiger charge is -2.40. The van der Waals surface area contributed by atoms with Crippen molar-refractivity contribution in [3.8, 4) is 0 Å². The molecule has 8 nitrogen and oxygen atoms in total. The number of carbonyl (C=O) groups excluding carboxylic acids is 3. The first-order valence-corrected chi connectivity index (χ1v) is 14.6. The van der Waals surface area contributed by atoms with Crippen LogP contribution in [0.1, 0.15) is 30.5 Å². The number of nitrogens with zero attached hydrogens (tertiary/aromatic N) is 4. The van der Waals surface area contributed by atoms with Gasteiger partial charge in [-0.1, -0.05) is 105 Å². The number of rotatable bonds is 8. The molecule has 2 aliphatic rings. The molecule has 2 heterocycles. The van der Waals surface area contributed by atoms with Crippen molar-refractivity contribution < 1.29 is 19.1 Å². The smallest absolute Gasteiger partial charge is 0.328 e. The quantitative estimate of drug-likeness (QED) is 0.233. The fraction of sp³-hybridized carbons (Fsp3) is 0.382. The number of piperazine rings is 1. The summed E-state index contributed by atoms with van der Waals surface area (Å²) in [6.45, 7) is 6.14. The number of benzene rings is 3. The highest BCUT2D eigenvalue weighted by molar-refractivity contribution is 5.86. The molecule has 0 spiro atoms. The summed E-state index contributed by atoms with van der Waals surface area (Å²) in [5.74, 6) is -0.436. The van der Waals surface area contributed by atoms with Crippen molar-refractivity contribution in [1.82, 2.24) is 19.6 Å². The number of ether oxygens (including phenoxy) is 1. The monoisotopic (exact) mass is 568 g/mol. The second-order valence-electron chi connectivity index (χ2n) is 11.4. The maximum atomic E-state index is 14.0. The van der Waals surface area contributed by atoms with Gasteiger partial charge in [0.1, 0.15) is 12.1 Å². The molecule has 5 rings (SSSR count). The van der Waals surface area contributed by atoms with Gasteiger partial charge in [-0.15, -0.1) is 0 Å². The molecular weight excluding hydrogens is 528 g/mol. The van der Waals surface area contributed by atoms with Crippen LogP contribution in [0.5, 0.6) is 0 Å². The van der Waals surface area contributed by atoms with Crippen LogP contribution < -0.4 is 0 Å². The molecule has 220 valence electrons. The second kappa shape index (κ2) is 12.4. The summed E-state index contributed by atoms with van der Waals surface area (Å²) >= 11 is 0. The number of urea groups is 1. The average Bonchev–Trinajstić information content (AvgIpc) is 3.83. The Bertz CT molecular complexity index is 1280. The number of esters is 1. The second-order valence-corrected chi connectivity index (χ2v) is 11.4. The van der Waals surface area contributed by atoms with E-state index in [9.17, 15) is 14.4 Å². The van der Waals surface area contributed by atoms with Crippen LogP contribution in [0, 0.1) is 5.92 Å². The van der Waals surface area contributed by atoms with Crippen molar-refractivity contribution in [3.05, 3.63) is 108 Å². The highest BCUT2D eigenvalue weighted by Crippen LogP contribution is 2.48. The third kappa shape index (κ3) is 5.39. The van der Waals surface area contributed by atoms with Crippen molar-refractivity contribution in [2.75, 3.05) is 46.9 Å². The molecule has 0 aromatic heterocycles. The number of amides is 3. The molecule has 0 bridgehead atoms. The van der Waals surface area contributed by atoms with Gasteiger partial charge < -0.3 is 19.4 Å². The van der Waals surface area contributed by atoms with Crippen LogP contribution in [0.15, 0.2) is 91.0 Å². The van der Waals surface area contributed by atoms with E-state index in [2.05, 4.69) is 41.3 Å². The normalized spacial score (nSPS) is 19.3. The molecule has 1 unspecified atom stereocenters. The lowest BCUT2D eigenvalue weighted by atomic mass is 9.76. The van der Waals surface area contributed by atoms with E-state index in [-0.39, 0.29) is 23.9 Å². The van der Waals surface area contributed by atoms with E-state index in [0.29, 0.717) is 32.7 Å². The molecular formula is C34H40N4O4. The molecule has 3 amide bonds. The summed E-state index contributed by atoms with van der Waals surface area (Å²) in [7, 11) is 2.98. The van der Waals surface area contributed by atoms with Gasteiger partial charge in [-0.3, -0.25) is 9.69 Å². The highest BCUT2D eigenvalue weighted by Gasteiger charge is 2.56. The summed E-state index contributed by atoms with van der Waals surface area (Å²) in [5.41, 5.74) is 2.72. The van der Waals surface area contributed by atoms with E-state index >= 15 is 0 Å². The summed E-state index contributed by atoms with van der Waals surface area (Å²) < 4.78 is 4.94. The fourth-order valence-corrected chi connectivity index (χ4v) is 6.43. The van der Waals surface area contributed by atoms with Gasteiger partial charge in [0, 0.05) is 39.8 Å². The Morgan fingerprint density at radius 1 is 0.762 bits per heavy atom. The van der Waals surface area contributed by atoms with Gasteiger partial charge >= 0.3 is 12.0 Å². The maximum absolute atomic E-state index is 14.0. The predicted molar refractivity (Wildman–Crippen MR) is 162 cm³/mol. The molecule has 3 aromatic carbocycles. The lowest BCUT2D eigenvalue weighted by Crippen LogP contribution is -2.57. The van der Waals surface area contributed by atoms with E-state index in [1.54, 1.807) is 11.9 Å². The number of hydrogen-bond donors (Lipinski definition) is 0. The third-order valence-corrected chi connectivity index (χ3v) is 8.56. The van der Waals surface area contributed by atoms with Gasteiger partial charge in [0.05, 0.1) is 12.6 Å². The average molecular weight is 569 g/mol. The van der Waals surface area contributed by atoms with Crippen LogP contribution in [0.2, 0.25) is 0 Å². The van der Waals surface area contributed by atoms with E-state index in [1.807, 2.05) is 73.3 Å². The molecule has 2 saturated heterocycles. The van der Waals surface area contributed by atoms with Crippen LogP contribution in [0.4, 0.5) is 4.79 Å². The predicted octanol–water partition coefficient (Wildman–Crippen LogP) is 4.06. The first kappa shape index (κ1) is 29.3. The largest absolute Gasteiger partial charge is 0.467 e. The number of methoxy groups -OCH3 is 1. The van der Waals surface area contributed by atoms with Crippen LogP contribution in [-0.2, 0) is 19.9 Å². The Hall–Kier alpha value is -4.17. The molecule has 8 heteroatoms. The molecule has 2 fully saturated rings. The van der Waals surface area contributed by atoms with Gasteiger partial charge in [0.15, 0.2) is 0 Å². The van der Waals surface area contributed by atoms with Crippen LogP contribution in [-0.4, -0.2) is 96.5 Å². The van der Waals surface area contributed by atoms with Gasteiger partial charge in [0.25, 0.3) is 0 Å². The van der Waals surface area contributed by atoms with Gasteiger partial charge in [-0.05, 0) is 22.6 Å². The van der Waals surface area contributed by atoms with Crippen molar-refractivity contribution in [2.45, 2.75) is 31.5 Å². The summed E-state index contributed by atoms with van der Waals surface area (Å²) in [6.07, 6.45) is 0. The van der Waals surface area contributed by atoms with Crippen molar-refractivity contribution in [3.63, 3.8) is 0 Å². The Labute approximate surface area is 248 Å². The van der Waals surface area contributed by atoms with Crippen LogP contribution >= 0.6 is 0 Å².